The highest BCUT2D eigenvalue weighted by atomic mass is 79.9. The van der Waals surface area contributed by atoms with E-state index in [0.29, 0.717) is 0 Å². The minimum Gasteiger partial charge on any atom is -0.369 e. The Bertz CT molecular complexity index is 856. The van der Waals surface area contributed by atoms with E-state index >= 15 is 0 Å². The lowest BCUT2D eigenvalue weighted by Gasteiger charge is -2.11. The Morgan fingerprint density at radius 2 is 1.90 bits per heavy atom. The van der Waals surface area contributed by atoms with Crippen LogP contribution in [0.15, 0.2) is 28.7 Å². The summed E-state index contributed by atoms with van der Waals surface area (Å²) in [4.78, 5) is 3.96. The molecule has 0 spiro atoms. The predicted octanol–water partition coefficient (Wildman–Crippen LogP) is 4.44. The molecule has 21 heavy (non-hydrogen) atoms. The molecule has 0 unspecified atom stereocenters. The summed E-state index contributed by atoms with van der Waals surface area (Å²) in [5.74, 6) is -2.82. The van der Waals surface area contributed by atoms with Crippen molar-refractivity contribution in [3.8, 4) is 5.69 Å². The molecule has 0 saturated heterocycles. The van der Waals surface area contributed by atoms with E-state index < -0.39 is 17.5 Å². The van der Waals surface area contributed by atoms with Crippen molar-refractivity contribution in [2.24, 2.45) is 0 Å². The SMILES string of the molecule is Nc1nc2ccc(F)c(F)c2n1-c1c(Cl)cc(F)cc1Br. The van der Waals surface area contributed by atoms with Crippen LogP contribution >= 0.6 is 27.5 Å². The third kappa shape index (κ3) is 2.16. The third-order valence-corrected chi connectivity index (χ3v) is 3.83. The number of aromatic nitrogens is 2. The molecule has 0 saturated carbocycles. The maximum Gasteiger partial charge on any atom is 0.206 e. The van der Waals surface area contributed by atoms with Crippen LogP contribution in [0.1, 0.15) is 0 Å². The van der Waals surface area contributed by atoms with Gasteiger partial charge in [-0.1, -0.05) is 11.6 Å². The van der Waals surface area contributed by atoms with E-state index in [1.165, 1.54) is 6.07 Å². The lowest BCUT2D eigenvalue weighted by molar-refractivity contribution is 0.514. The fraction of sp³-hybridized carbons (Fsp3) is 0. The van der Waals surface area contributed by atoms with Crippen LogP contribution in [-0.4, -0.2) is 9.55 Å². The third-order valence-electron chi connectivity index (χ3n) is 2.94. The normalized spacial score (nSPS) is 11.3. The van der Waals surface area contributed by atoms with Crippen LogP contribution in [0.25, 0.3) is 16.7 Å². The Morgan fingerprint density at radius 1 is 1.19 bits per heavy atom. The summed E-state index contributed by atoms with van der Waals surface area (Å²) in [5, 5.41) is -0.0171. The highest BCUT2D eigenvalue weighted by molar-refractivity contribution is 9.10. The molecule has 0 bridgehead atoms. The van der Waals surface area contributed by atoms with Crippen LogP contribution in [0.5, 0.6) is 0 Å². The fourth-order valence-corrected chi connectivity index (χ4v) is 3.11. The van der Waals surface area contributed by atoms with Crippen molar-refractivity contribution in [1.82, 2.24) is 9.55 Å². The maximum atomic E-state index is 14.1. The zero-order valence-electron chi connectivity index (χ0n) is 10.2. The standard InChI is InChI=1S/C13H6BrClF3N3/c14-6-3-5(16)4-7(15)11(6)21-12-9(20-13(21)19)2-1-8(17)10(12)18/h1-4H,(H2,19,20). The van der Waals surface area contributed by atoms with Gasteiger partial charge in [0, 0.05) is 4.47 Å². The van der Waals surface area contributed by atoms with Crippen molar-refractivity contribution in [3.05, 3.63) is 51.2 Å². The number of hydrogen-bond acceptors (Lipinski definition) is 2. The van der Waals surface area contributed by atoms with Crippen molar-refractivity contribution in [1.29, 1.82) is 0 Å². The number of halogens is 5. The van der Waals surface area contributed by atoms with Crippen LogP contribution in [0.4, 0.5) is 19.1 Å². The Hall–Kier alpha value is -1.73. The zero-order chi connectivity index (χ0) is 15.3. The highest BCUT2D eigenvalue weighted by Gasteiger charge is 2.21. The molecule has 0 aliphatic heterocycles. The molecule has 2 N–H and O–H groups in total. The topological polar surface area (TPSA) is 43.8 Å². The minimum atomic E-state index is -1.11. The Labute approximate surface area is 130 Å². The predicted molar refractivity (Wildman–Crippen MR) is 78.1 cm³/mol. The van der Waals surface area contributed by atoms with Crippen LogP contribution in [0.2, 0.25) is 5.02 Å². The number of nitrogens with zero attached hydrogens (tertiary/aromatic N) is 2. The molecule has 0 atom stereocenters. The summed E-state index contributed by atoms with van der Waals surface area (Å²) in [6.45, 7) is 0. The first-order valence-electron chi connectivity index (χ1n) is 5.67. The van der Waals surface area contributed by atoms with Crippen molar-refractivity contribution < 1.29 is 13.2 Å². The maximum absolute atomic E-state index is 14.1. The summed E-state index contributed by atoms with van der Waals surface area (Å²) in [7, 11) is 0. The van der Waals surface area contributed by atoms with E-state index in [1.54, 1.807) is 0 Å². The number of anilines is 1. The van der Waals surface area contributed by atoms with Crippen LogP contribution in [0.3, 0.4) is 0 Å². The van der Waals surface area contributed by atoms with E-state index in [1.807, 2.05) is 0 Å². The molecule has 0 aliphatic rings. The van der Waals surface area contributed by atoms with E-state index in [4.69, 9.17) is 17.3 Å². The van der Waals surface area contributed by atoms with Gasteiger partial charge in [-0.3, -0.25) is 4.57 Å². The van der Waals surface area contributed by atoms with Gasteiger partial charge in [-0.15, -0.1) is 0 Å². The first-order valence-corrected chi connectivity index (χ1v) is 6.84. The summed E-state index contributed by atoms with van der Waals surface area (Å²) in [5.41, 5.74) is 5.95. The van der Waals surface area contributed by atoms with Crippen molar-refractivity contribution in [2.45, 2.75) is 0 Å². The van der Waals surface area contributed by atoms with Gasteiger partial charge in [0.25, 0.3) is 0 Å². The van der Waals surface area contributed by atoms with Gasteiger partial charge in [0.15, 0.2) is 11.6 Å². The molecule has 2 aromatic carbocycles. The summed E-state index contributed by atoms with van der Waals surface area (Å²) >= 11 is 9.14. The smallest absolute Gasteiger partial charge is 0.206 e. The minimum absolute atomic E-state index is 0.0171. The molecule has 8 heteroatoms. The van der Waals surface area contributed by atoms with E-state index in [-0.39, 0.29) is 32.2 Å². The monoisotopic (exact) mass is 375 g/mol. The van der Waals surface area contributed by atoms with Gasteiger partial charge in [0.2, 0.25) is 5.95 Å². The first-order chi connectivity index (χ1) is 9.90. The lowest BCUT2D eigenvalue weighted by atomic mass is 10.2. The quantitative estimate of drug-likeness (QED) is 0.682. The number of nitrogens with two attached hydrogens (primary N) is 1. The Morgan fingerprint density at radius 3 is 2.57 bits per heavy atom. The molecule has 3 nitrogen and oxygen atoms in total. The molecule has 3 aromatic rings. The molecule has 3 rings (SSSR count). The van der Waals surface area contributed by atoms with Crippen LogP contribution < -0.4 is 5.73 Å². The second-order valence-corrected chi connectivity index (χ2v) is 5.51. The molecular weight excluding hydrogens is 371 g/mol. The number of fused-ring (bicyclic) bond motifs is 1. The second-order valence-electron chi connectivity index (χ2n) is 4.25. The molecule has 0 fully saturated rings. The molecular formula is C13H6BrClF3N3. The largest absolute Gasteiger partial charge is 0.369 e. The Kier molecular flexibility index (Phi) is 3.33. The first kappa shape index (κ1) is 14.2. The number of nitrogen functional groups attached to an aromatic ring is 1. The molecule has 1 heterocycles. The second kappa shape index (κ2) is 4.92. The van der Waals surface area contributed by atoms with Crippen molar-refractivity contribution in [2.75, 3.05) is 5.73 Å². The number of hydrogen-bond donors (Lipinski definition) is 1. The van der Waals surface area contributed by atoms with Gasteiger partial charge in [0.1, 0.15) is 11.3 Å². The summed E-state index contributed by atoms with van der Waals surface area (Å²) < 4.78 is 42.2. The van der Waals surface area contributed by atoms with Crippen LogP contribution in [-0.2, 0) is 0 Å². The van der Waals surface area contributed by atoms with Crippen molar-refractivity contribution >= 4 is 44.5 Å². The average molecular weight is 377 g/mol. The van der Waals surface area contributed by atoms with Gasteiger partial charge in [-0.2, -0.15) is 0 Å². The van der Waals surface area contributed by atoms with Gasteiger partial charge in [0.05, 0.1) is 16.2 Å². The van der Waals surface area contributed by atoms with Gasteiger partial charge in [-0.25, -0.2) is 18.2 Å². The lowest BCUT2D eigenvalue weighted by Crippen LogP contribution is -2.04. The van der Waals surface area contributed by atoms with Crippen molar-refractivity contribution in [3.63, 3.8) is 0 Å². The van der Waals surface area contributed by atoms with E-state index in [0.717, 1.165) is 22.8 Å². The molecule has 0 radical (unpaired) electrons. The number of benzene rings is 2. The van der Waals surface area contributed by atoms with Crippen LogP contribution in [0, 0.1) is 17.5 Å². The molecule has 0 aliphatic carbocycles. The van der Waals surface area contributed by atoms with Gasteiger partial charge in [-0.05, 0) is 40.2 Å². The molecule has 108 valence electrons. The molecule has 1 aromatic heterocycles. The Balaban J connectivity index is 2.46. The van der Waals surface area contributed by atoms with E-state index in [2.05, 4.69) is 20.9 Å². The number of imidazole rings is 1. The summed E-state index contributed by atoms with van der Waals surface area (Å²) in [6, 6.07) is 4.44. The van der Waals surface area contributed by atoms with E-state index in [9.17, 15) is 13.2 Å². The fourth-order valence-electron chi connectivity index (χ4n) is 2.10. The number of rotatable bonds is 1. The van der Waals surface area contributed by atoms with Gasteiger partial charge < -0.3 is 5.73 Å². The van der Waals surface area contributed by atoms with Gasteiger partial charge >= 0.3 is 0 Å². The summed E-state index contributed by atoms with van der Waals surface area (Å²) in [6.07, 6.45) is 0. The molecule has 0 amide bonds. The zero-order valence-corrected chi connectivity index (χ0v) is 12.5. The highest BCUT2D eigenvalue weighted by Crippen LogP contribution is 2.35. The average Bonchev–Trinajstić information content (AvgIpc) is 2.71.